The van der Waals surface area contributed by atoms with Crippen molar-refractivity contribution in [1.82, 2.24) is 4.98 Å². The summed E-state index contributed by atoms with van der Waals surface area (Å²) in [6, 6.07) is 12.6. The predicted molar refractivity (Wildman–Crippen MR) is 74.7 cm³/mol. The van der Waals surface area contributed by atoms with Gasteiger partial charge in [-0.05, 0) is 41.3 Å². The smallest absolute Gasteiger partial charge is 0.150 e. The lowest BCUT2D eigenvalue weighted by molar-refractivity contribution is 0.580. The lowest BCUT2D eigenvalue weighted by atomic mass is 9.86. The predicted octanol–water partition coefficient (Wildman–Crippen LogP) is 4.73. The van der Waals surface area contributed by atoms with E-state index < -0.39 is 0 Å². The fourth-order valence-corrected chi connectivity index (χ4v) is 2.16. The summed E-state index contributed by atoms with van der Waals surface area (Å²) in [7, 11) is 0. The molecule has 2 heterocycles. The minimum Gasteiger partial charge on any atom is -0.463 e. The summed E-state index contributed by atoms with van der Waals surface area (Å²) in [6.07, 6.45) is 1.70. The van der Waals surface area contributed by atoms with E-state index in [1.165, 1.54) is 10.9 Å². The molecule has 0 spiro atoms. The molecule has 0 saturated carbocycles. The molecule has 0 fully saturated rings. The number of aromatic nitrogens is 1. The largest absolute Gasteiger partial charge is 0.463 e. The summed E-state index contributed by atoms with van der Waals surface area (Å²) in [5.74, 6) is 0.878. The summed E-state index contributed by atoms with van der Waals surface area (Å²) in [6.45, 7) is 6.69. The summed E-state index contributed by atoms with van der Waals surface area (Å²) >= 11 is 0. The second-order valence-electron chi connectivity index (χ2n) is 5.71. The van der Waals surface area contributed by atoms with Gasteiger partial charge in [-0.25, -0.2) is 0 Å². The van der Waals surface area contributed by atoms with E-state index >= 15 is 0 Å². The Bertz CT molecular complexity index is 669. The van der Waals surface area contributed by atoms with Gasteiger partial charge in [0.15, 0.2) is 0 Å². The topological polar surface area (TPSA) is 28.9 Å². The third-order valence-corrected chi connectivity index (χ3v) is 3.27. The summed E-state index contributed by atoms with van der Waals surface area (Å²) in [5.41, 5.74) is 3.70. The van der Waals surface area contributed by atoms with Crippen LogP contribution in [0.2, 0.25) is 0 Å². The van der Waals surface area contributed by atoms with Crippen LogP contribution in [0.3, 0.4) is 0 Å². The first-order chi connectivity index (χ1) is 8.54. The molecule has 0 amide bonds. The zero-order valence-corrected chi connectivity index (χ0v) is 10.9. The van der Waals surface area contributed by atoms with Gasteiger partial charge in [0, 0.05) is 10.9 Å². The van der Waals surface area contributed by atoms with E-state index in [4.69, 9.17) is 4.42 Å². The van der Waals surface area contributed by atoms with Crippen molar-refractivity contribution in [3.05, 3.63) is 48.2 Å². The third-order valence-electron chi connectivity index (χ3n) is 3.27. The van der Waals surface area contributed by atoms with Crippen LogP contribution >= 0.6 is 0 Å². The van der Waals surface area contributed by atoms with Gasteiger partial charge in [-0.1, -0.05) is 26.8 Å². The molecule has 92 valence electrons. The molecule has 2 nitrogen and oxygen atoms in total. The van der Waals surface area contributed by atoms with Gasteiger partial charge in [-0.3, -0.25) is 0 Å². The first kappa shape index (κ1) is 11.1. The Morgan fingerprint density at radius 1 is 1.06 bits per heavy atom. The van der Waals surface area contributed by atoms with E-state index in [2.05, 4.69) is 50.0 Å². The average molecular weight is 239 g/mol. The second-order valence-corrected chi connectivity index (χ2v) is 5.71. The number of hydrogen-bond acceptors (Lipinski definition) is 1. The number of nitrogens with one attached hydrogen (secondary N) is 1. The molecular weight excluding hydrogens is 222 g/mol. The summed E-state index contributed by atoms with van der Waals surface area (Å²) in [5, 5.41) is 1.23. The molecule has 0 aliphatic rings. The average Bonchev–Trinajstić information content (AvgIpc) is 2.95. The van der Waals surface area contributed by atoms with Crippen LogP contribution in [0.4, 0.5) is 0 Å². The molecule has 3 aromatic rings. The molecule has 1 aromatic carbocycles. The van der Waals surface area contributed by atoms with Crippen molar-refractivity contribution in [2.45, 2.75) is 26.2 Å². The Labute approximate surface area is 107 Å². The zero-order chi connectivity index (χ0) is 12.8. The van der Waals surface area contributed by atoms with Gasteiger partial charge in [0.05, 0.1) is 12.0 Å². The maximum atomic E-state index is 5.42. The molecule has 2 aromatic heterocycles. The highest BCUT2D eigenvalue weighted by molar-refractivity contribution is 5.85. The Kier molecular flexibility index (Phi) is 2.34. The van der Waals surface area contributed by atoms with Crippen molar-refractivity contribution < 1.29 is 4.42 Å². The van der Waals surface area contributed by atoms with Gasteiger partial charge in [-0.15, -0.1) is 0 Å². The van der Waals surface area contributed by atoms with Crippen LogP contribution in [0.1, 0.15) is 26.3 Å². The van der Waals surface area contributed by atoms with Crippen molar-refractivity contribution in [3.63, 3.8) is 0 Å². The minimum absolute atomic E-state index is 0.177. The van der Waals surface area contributed by atoms with Crippen LogP contribution in [0, 0.1) is 0 Å². The van der Waals surface area contributed by atoms with Crippen LogP contribution in [-0.2, 0) is 5.41 Å². The van der Waals surface area contributed by atoms with Crippen LogP contribution in [-0.4, -0.2) is 4.98 Å². The van der Waals surface area contributed by atoms with E-state index in [9.17, 15) is 0 Å². The molecule has 0 unspecified atom stereocenters. The fraction of sp³-hybridized carbons (Fsp3) is 0.250. The van der Waals surface area contributed by atoms with Gasteiger partial charge in [0.2, 0.25) is 0 Å². The number of benzene rings is 1. The Morgan fingerprint density at radius 2 is 1.89 bits per heavy atom. The minimum atomic E-state index is 0.177. The highest BCUT2D eigenvalue weighted by Crippen LogP contribution is 2.29. The van der Waals surface area contributed by atoms with E-state index in [-0.39, 0.29) is 5.41 Å². The lowest BCUT2D eigenvalue weighted by Crippen LogP contribution is -2.10. The van der Waals surface area contributed by atoms with Crippen LogP contribution < -0.4 is 0 Å². The van der Waals surface area contributed by atoms with Gasteiger partial charge in [-0.2, -0.15) is 0 Å². The molecule has 0 atom stereocenters. The number of H-pyrrole nitrogens is 1. The monoisotopic (exact) mass is 239 g/mol. The molecular formula is C16H17NO. The fourth-order valence-electron chi connectivity index (χ4n) is 2.16. The van der Waals surface area contributed by atoms with Crippen molar-refractivity contribution in [2.24, 2.45) is 0 Å². The zero-order valence-electron chi connectivity index (χ0n) is 10.9. The molecule has 0 aliphatic heterocycles. The highest BCUT2D eigenvalue weighted by atomic mass is 16.3. The summed E-state index contributed by atoms with van der Waals surface area (Å²) in [4.78, 5) is 3.38. The van der Waals surface area contributed by atoms with Gasteiger partial charge in [0.1, 0.15) is 5.76 Å². The molecule has 0 bridgehead atoms. The Hall–Kier alpha value is -1.96. The SMILES string of the molecule is CC(C)(C)c1ccc2[nH]c(-c3ccco3)cc2c1. The summed E-state index contributed by atoms with van der Waals surface area (Å²) < 4.78 is 5.42. The molecule has 0 saturated heterocycles. The van der Waals surface area contributed by atoms with Crippen molar-refractivity contribution in [1.29, 1.82) is 0 Å². The number of aromatic amines is 1. The van der Waals surface area contributed by atoms with Crippen LogP contribution in [0.25, 0.3) is 22.4 Å². The maximum absolute atomic E-state index is 5.42. The number of rotatable bonds is 1. The standard InChI is InChI=1S/C16H17NO/c1-16(2,3)12-6-7-13-11(9-12)10-14(17-13)15-5-4-8-18-15/h4-10,17H,1-3H3. The number of furan rings is 1. The van der Waals surface area contributed by atoms with Crippen LogP contribution in [0.5, 0.6) is 0 Å². The van der Waals surface area contributed by atoms with Gasteiger partial charge in [0.25, 0.3) is 0 Å². The molecule has 1 N–H and O–H groups in total. The van der Waals surface area contributed by atoms with Gasteiger partial charge >= 0.3 is 0 Å². The third kappa shape index (κ3) is 1.84. The Morgan fingerprint density at radius 3 is 2.56 bits per heavy atom. The molecule has 0 aliphatic carbocycles. The quantitative estimate of drug-likeness (QED) is 0.653. The first-order valence-corrected chi connectivity index (χ1v) is 6.21. The lowest BCUT2D eigenvalue weighted by Gasteiger charge is -2.18. The van der Waals surface area contributed by atoms with Gasteiger partial charge < -0.3 is 9.40 Å². The molecule has 3 rings (SSSR count). The van der Waals surface area contributed by atoms with Crippen molar-refractivity contribution in [2.75, 3.05) is 0 Å². The maximum Gasteiger partial charge on any atom is 0.150 e. The van der Waals surface area contributed by atoms with E-state index in [0.29, 0.717) is 0 Å². The highest BCUT2D eigenvalue weighted by Gasteiger charge is 2.14. The van der Waals surface area contributed by atoms with Crippen molar-refractivity contribution in [3.8, 4) is 11.5 Å². The second kappa shape index (κ2) is 3.77. The molecule has 0 radical (unpaired) electrons. The normalized spacial score (nSPS) is 12.2. The van der Waals surface area contributed by atoms with E-state index in [0.717, 1.165) is 17.0 Å². The number of fused-ring (bicyclic) bond motifs is 1. The van der Waals surface area contributed by atoms with E-state index in [1.807, 2.05) is 12.1 Å². The first-order valence-electron chi connectivity index (χ1n) is 6.21. The molecule has 2 heteroatoms. The van der Waals surface area contributed by atoms with E-state index in [1.54, 1.807) is 6.26 Å². The van der Waals surface area contributed by atoms with Crippen molar-refractivity contribution >= 4 is 10.9 Å². The van der Waals surface area contributed by atoms with Crippen LogP contribution in [0.15, 0.2) is 47.1 Å². The molecule has 18 heavy (non-hydrogen) atoms. The number of hydrogen-bond donors (Lipinski definition) is 1. The Balaban J connectivity index is 2.13.